The van der Waals surface area contributed by atoms with E-state index in [0.29, 0.717) is 0 Å². The summed E-state index contributed by atoms with van der Waals surface area (Å²) in [6.07, 6.45) is 7.64. The summed E-state index contributed by atoms with van der Waals surface area (Å²) < 4.78 is 13.4. The van der Waals surface area contributed by atoms with Gasteiger partial charge in [-0.15, -0.1) is 0 Å². The van der Waals surface area contributed by atoms with Crippen LogP contribution in [0.1, 0.15) is 12.6 Å². The zero-order valence-electron chi connectivity index (χ0n) is 17.6. The van der Waals surface area contributed by atoms with Gasteiger partial charge in [-0.25, -0.2) is 9.37 Å². The van der Waals surface area contributed by atoms with Crippen molar-refractivity contribution in [3.63, 3.8) is 0 Å². The van der Waals surface area contributed by atoms with E-state index in [0.717, 1.165) is 55.7 Å². The molecule has 0 saturated heterocycles. The van der Waals surface area contributed by atoms with Gasteiger partial charge in [-0.1, -0.05) is 55.1 Å². The standard InChI is InChI=1S/C27H21FN4/c1-3-5-7-17(4-2)22-14-15-24-26(30-22)27(32-31-24)25-16-21-20(8-6-9-23(21)29-25)18-10-12-19(28)13-11-18/h3-16,29H,1H2,2H3,(H,31,32)/b7-5-,17-4+. The van der Waals surface area contributed by atoms with Crippen LogP contribution in [-0.2, 0) is 0 Å². The molecule has 2 aromatic carbocycles. The second-order valence-electron chi connectivity index (χ2n) is 7.46. The molecule has 5 heteroatoms. The van der Waals surface area contributed by atoms with Crippen LogP contribution in [0.4, 0.5) is 4.39 Å². The second-order valence-corrected chi connectivity index (χ2v) is 7.46. The molecular formula is C27H21FN4. The molecule has 0 spiro atoms. The molecule has 0 saturated carbocycles. The number of aromatic nitrogens is 4. The highest BCUT2D eigenvalue weighted by Crippen LogP contribution is 2.34. The minimum absolute atomic E-state index is 0.246. The molecule has 0 bridgehead atoms. The van der Waals surface area contributed by atoms with E-state index in [-0.39, 0.29) is 5.82 Å². The van der Waals surface area contributed by atoms with E-state index in [1.54, 1.807) is 18.2 Å². The number of H-pyrrole nitrogens is 2. The van der Waals surface area contributed by atoms with E-state index in [1.165, 1.54) is 12.1 Å². The van der Waals surface area contributed by atoms with E-state index in [1.807, 2.05) is 55.5 Å². The molecule has 3 heterocycles. The quantitative estimate of drug-likeness (QED) is 0.299. The van der Waals surface area contributed by atoms with Gasteiger partial charge in [0.2, 0.25) is 0 Å². The number of aromatic amines is 2. The Labute approximate surface area is 184 Å². The molecule has 0 atom stereocenters. The Bertz CT molecular complexity index is 1500. The minimum atomic E-state index is -0.246. The van der Waals surface area contributed by atoms with Crippen LogP contribution in [0.2, 0.25) is 0 Å². The van der Waals surface area contributed by atoms with E-state index in [4.69, 9.17) is 4.98 Å². The smallest absolute Gasteiger partial charge is 0.135 e. The van der Waals surface area contributed by atoms with E-state index in [2.05, 4.69) is 27.8 Å². The summed E-state index contributed by atoms with van der Waals surface area (Å²) in [5.74, 6) is -0.246. The molecule has 156 valence electrons. The van der Waals surface area contributed by atoms with Gasteiger partial charge >= 0.3 is 0 Å². The third kappa shape index (κ3) is 3.44. The van der Waals surface area contributed by atoms with Crippen LogP contribution in [0.25, 0.3) is 50.0 Å². The molecule has 0 aliphatic heterocycles. The number of allylic oxidation sites excluding steroid dienone is 5. The fraction of sp³-hybridized carbons (Fsp3) is 0.0370. The molecule has 0 aliphatic rings. The summed E-state index contributed by atoms with van der Waals surface area (Å²) in [5.41, 5.74) is 8.13. The summed E-state index contributed by atoms with van der Waals surface area (Å²) in [6, 6.07) is 18.7. The molecule has 2 N–H and O–H groups in total. The molecule has 4 nitrogen and oxygen atoms in total. The molecule has 0 radical (unpaired) electrons. The fourth-order valence-electron chi connectivity index (χ4n) is 3.91. The first-order valence-electron chi connectivity index (χ1n) is 10.4. The largest absolute Gasteiger partial charge is 0.353 e. The highest BCUT2D eigenvalue weighted by atomic mass is 19.1. The van der Waals surface area contributed by atoms with Gasteiger partial charge in [0.15, 0.2) is 0 Å². The summed E-state index contributed by atoms with van der Waals surface area (Å²) in [5, 5.41) is 8.67. The van der Waals surface area contributed by atoms with Gasteiger partial charge in [0, 0.05) is 10.9 Å². The molecule has 0 amide bonds. The molecule has 0 unspecified atom stereocenters. The van der Waals surface area contributed by atoms with E-state index >= 15 is 0 Å². The zero-order chi connectivity index (χ0) is 22.1. The maximum absolute atomic E-state index is 13.4. The van der Waals surface area contributed by atoms with Crippen LogP contribution in [0.15, 0.2) is 91.5 Å². The van der Waals surface area contributed by atoms with Crippen molar-refractivity contribution in [1.29, 1.82) is 0 Å². The minimum Gasteiger partial charge on any atom is -0.353 e. The lowest BCUT2D eigenvalue weighted by Gasteiger charge is -2.03. The van der Waals surface area contributed by atoms with Crippen molar-refractivity contribution in [2.75, 3.05) is 0 Å². The van der Waals surface area contributed by atoms with Crippen LogP contribution in [-0.4, -0.2) is 20.2 Å². The Morgan fingerprint density at radius 1 is 1.03 bits per heavy atom. The van der Waals surface area contributed by atoms with Crippen LogP contribution in [0.3, 0.4) is 0 Å². The number of fused-ring (bicyclic) bond motifs is 2. The lowest BCUT2D eigenvalue weighted by molar-refractivity contribution is 0.628. The van der Waals surface area contributed by atoms with Gasteiger partial charge in [0.1, 0.15) is 17.0 Å². The van der Waals surface area contributed by atoms with Crippen molar-refractivity contribution >= 4 is 27.5 Å². The van der Waals surface area contributed by atoms with Crippen LogP contribution < -0.4 is 0 Å². The highest BCUT2D eigenvalue weighted by Gasteiger charge is 2.15. The molecule has 3 aromatic heterocycles. The summed E-state index contributed by atoms with van der Waals surface area (Å²) in [6.45, 7) is 5.72. The molecule has 0 aliphatic carbocycles. The molecule has 5 rings (SSSR count). The fourth-order valence-corrected chi connectivity index (χ4v) is 3.91. The van der Waals surface area contributed by atoms with Crippen molar-refractivity contribution in [2.45, 2.75) is 6.92 Å². The van der Waals surface area contributed by atoms with E-state index < -0.39 is 0 Å². The highest BCUT2D eigenvalue weighted by molar-refractivity contribution is 6.00. The number of hydrogen-bond acceptors (Lipinski definition) is 2. The topological polar surface area (TPSA) is 57.4 Å². The Hall–Kier alpha value is -4.25. The number of benzene rings is 2. The van der Waals surface area contributed by atoms with E-state index in [9.17, 15) is 4.39 Å². The third-order valence-corrected chi connectivity index (χ3v) is 5.50. The van der Waals surface area contributed by atoms with Crippen LogP contribution in [0, 0.1) is 5.82 Å². The van der Waals surface area contributed by atoms with Crippen molar-refractivity contribution in [1.82, 2.24) is 20.2 Å². The predicted molar refractivity (Wildman–Crippen MR) is 130 cm³/mol. The van der Waals surface area contributed by atoms with Crippen LogP contribution >= 0.6 is 0 Å². The second kappa shape index (κ2) is 8.12. The molecule has 5 aromatic rings. The van der Waals surface area contributed by atoms with Gasteiger partial charge in [0.25, 0.3) is 0 Å². The van der Waals surface area contributed by atoms with Crippen molar-refractivity contribution in [3.8, 4) is 22.5 Å². The number of rotatable bonds is 5. The number of pyridine rings is 1. The number of halogens is 1. The third-order valence-electron chi connectivity index (χ3n) is 5.50. The molecular weight excluding hydrogens is 399 g/mol. The van der Waals surface area contributed by atoms with Gasteiger partial charge in [0.05, 0.1) is 16.9 Å². The Balaban J connectivity index is 1.64. The number of nitrogens with zero attached hydrogens (tertiary/aromatic N) is 2. The zero-order valence-corrected chi connectivity index (χ0v) is 17.6. The average molecular weight is 420 g/mol. The van der Waals surface area contributed by atoms with Crippen molar-refractivity contribution in [3.05, 3.63) is 103 Å². The van der Waals surface area contributed by atoms with Gasteiger partial charge in [-0.3, -0.25) is 5.10 Å². The first-order chi connectivity index (χ1) is 15.7. The van der Waals surface area contributed by atoms with Crippen LogP contribution in [0.5, 0.6) is 0 Å². The summed E-state index contributed by atoms with van der Waals surface area (Å²) in [7, 11) is 0. The molecule has 32 heavy (non-hydrogen) atoms. The van der Waals surface area contributed by atoms with Crippen molar-refractivity contribution < 1.29 is 4.39 Å². The van der Waals surface area contributed by atoms with Gasteiger partial charge in [-0.05, 0) is 60.0 Å². The number of nitrogens with one attached hydrogen (secondary N) is 2. The Morgan fingerprint density at radius 2 is 1.88 bits per heavy atom. The maximum Gasteiger partial charge on any atom is 0.135 e. The lowest BCUT2D eigenvalue weighted by atomic mass is 10.0. The average Bonchev–Trinajstić information content (AvgIpc) is 3.43. The summed E-state index contributed by atoms with van der Waals surface area (Å²) in [4.78, 5) is 8.36. The normalized spacial score (nSPS) is 12.2. The SMILES string of the molecule is C=C/C=C\C(=C/C)c1ccc2[nH]nc(-c3cc4c(-c5ccc(F)cc5)cccc4[nH]3)c2n1. The van der Waals surface area contributed by atoms with Gasteiger partial charge < -0.3 is 4.98 Å². The van der Waals surface area contributed by atoms with Gasteiger partial charge in [-0.2, -0.15) is 5.10 Å². The summed E-state index contributed by atoms with van der Waals surface area (Å²) >= 11 is 0. The Morgan fingerprint density at radius 3 is 2.66 bits per heavy atom. The monoisotopic (exact) mass is 420 g/mol. The number of hydrogen-bond donors (Lipinski definition) is 2. The lowest BCUT2D eigenvalue weighted by Crippen LogP contribution is -1.88. The van der Waals surface area contributed by atoms with Crippen molar-refractivity contribution in [2.24, 2.45) is 0 Å². The molecule has 0 fully saturated rings. The maximum atomic E-state index is 13.4. The Kier molecular flexibility index (Phi) is 5.00. The first kappa shape index (κ1) is 19.7. The predicted octanol–water partition coefficient (Wildman–Crippen LogP) is 7.06. The first-order valence-corrected chi connectivity index (χ1v) is 10.4.